The molecular weight excluding hydrogens is 464 g/mol. The molecule has 4 aromatic rings. The number of aromatic nitrogens is 2. The summed E-state index contributed by atoms with van der Waals surface area (Å²) < 4.78 is 13.7. The average Bonchev–Trinajstić information content (AvgIpc) is 3.41. The van der Waals surface area contributed by atoms with Gasteiger partial charge in [0.25, 0.3) is 0 Å². The predicted octanol–water partition coefficient (Wildman–Crippen LogP) is 6.39. The third-order valence-electron chi connectivity index (χ3n) is 5.31. The molecule has 7 heteroatoms. The molecule has 0 aliphatic heterocycles. The van der Waals surface area contributed by atoms with Crippen molar-refractivity contribution in [3.63, 3.8) is 0 Å². The van der Waals surface area contributed by atoms with Gasteiger partial charge in [0, 0.05) is 31.7 Å². The minimum absolute atomic E-state index is 0.273. The molecule has 0 saturated carbocycles. The molecule has 0 N–H and O–H groups in total. The Morgan fingerprint density at radius 2 is 1.29 bits per heavy atom. The van der Waals surface area contributed by atoms with E-state index in [2.05, 4.69) is 0 Å². The van der Waals surface area contributed by atoms with E-state index in [1.165, 1.54) is 0 Å². The summed E-state index contributed by atoms with van der Waals surface area (Å²) >= 11 is 6.16. The van der Waals surface area contributed by atoms with Crippen LogP contribution in [0.5, 0.6) is 0 Å². The van der Waals surface area contributed by atoms with E-state index in [1.807, 2.05) is 85.4 Å². The number of hydrogen-bond acceptors (Lipinski definition) is 4. The molecule has 6 nitrogen and oxygen atoms in total. The summed E-state index contributed by atoms with van der Waals surface area (Å²) in [7, 11) is 3.75. The lowest BCUT2D eigenvalue weighted by atomic mass is 10.1. The van der Waals surface area contributed by atoms with Crippen LogP contribution in [0.1, 0.15) is 34.6 Å². The van der Waals surface area contributed by atoms with Crippen LogP contribution >= 0.6 is 11.6 Å². The van der Waals surface area contributed by atoms with E-state index in [9.17, 15) is 9.59 Å². The van der Waals surface area contributed by atoms with Crippen LogP contribution in [0.25, 0.3) is 22.5 Å². The molecule has 0 aliphatic carbocycles. The maximum atomic E-state index is 11.7. The number of esters is 2. The number of rotatable bonds is 6. The first-order chi connectivity index (χ1) is 16.9. The normalized spacial score (nSPS) is 10.3. The molecule has 35 heavy (non-hydrogen) atoms. The van der Waals surface area contributed by atoms with Crippen LogP contribution in [0.15, 0.2) is 79.0 Å². The van der Waals surface area contributed by atoms with Crippen LogP contribution in [0.2, 0.25) is 5.15 Å². The fourth-order valence-corrected chi connectivity index (χ4v) is 3.83. The third-order valence-corrected chi connectivity index (χ3v) is 5.77. The molecule has 0 radical (unpaired) electrons. The quantitative estimate of drug-likeness (QED) is 0.292. The molecule has 182 valence electrons. The molecule has 0 bridgehead atoms. The number of nitrogens with zero attached hydrogens (tertiary/aromatic N) is 2. The minimum atomic E-state index is -0.389. The fraction of sp³-hybridized carbons (Fsp3) is 0.214. The van der Waals surface area contributed by atoms with Gasteiger partial charge in [-0.15, -0.1) is 0 Å². The zero-order chi connectivity index (χ0) is 25.4. The smallest absolute Gasteiger partial charge is 0.341 e. The van der Waals surface area contributed by atoms with Gasteiger partial charge in [0.2, 0.25) is 0 Å². The first-order valence-corrected chi connectivity index (χ1v) is 11.7. The van der Waals surface area contributed by atoms with Gasteiger partial charge in [-0.3, -0.25) is 0 Å². The molecule has 2 heterocycles. The predicted molar refractivity (Wildman–Crippen MR) is 139 cm³/mol. The van der Waals surface area contributed by atoms with Crippen molar-refractivity contribution in [1.29, 1.82) is 0 Å². The Balaban J connectivity index is 0.000000196. The summed E-state index contributed by atoms with van der Waals surface area (Å²) in [5.41, 5.74) is 4.99. The summed E-state index contributed by atoms with van der Waals surface area (Å²) in [5.74, 6) is -0.662. The highest BCUT2D eigenvalue weighted by Crippen LogP contribution is 2.28. The largest absolute Gasteiger partial charge is 0.462 e. The van der Waals surface area contributed by atoms with E-state index < -0.39 is 0 Å². The Kier molecular flexibility index (Phi) is 8.92. The first-order valence-electron chi connectivity index (χ1n) is 11.3. The van der Waals surface area contributed by atoms with Gasteiger partial charge in [-0.25, -0.2) is 9.59 Å². The van der Waals surface area contributed by atoms with Crippen LogP contribution in [0, 0.1) is 0 Å². The number of carbonyl (C=O) groups excluding carboxylic acids is 2. The van der Waals surface area contributed by atoms with Gasteiger partial charge in [-0.05, 0) is 37.1 Å². The number of carbonyl (C=O) groups is 2. The maximum absolute atomic E-state index is 11.7. The van der Waals surface area contributed by atoms with E-state index in [1.54, 1.807) is 30.7 Å². The fourth-order valence-electron chi connectivity index (χ4n) is 3.60. The number of benzene rings is 2. The molecule has 0 fully saturated rings. The van der Waals surface area contributed by atoms with Crippen molar-refractivity contribution in [3.8, 4) is 22.5 Å². The lowest BCUT2D eigenvalue weighted by Crippen LogP contribution is -2.04. The highest BCUT2D eigenvalue weighted by Gasteiger charge is 2.18. The standard InChI is InChI=1S/C14H14ClNO2.C14H15NO2/c1-3-18-14(17)11-9-12(16(2)13(11)15)10-7-5-4-6-8-10;1-3-17-14(16)12-9-13(15(2)10-12)11-7-5-4-6-8-11/h4-9H,3H2,1-2H3;4-10H,3H2,1-2H3. The van der Waals surface area contributed by atoms with E-state index in [0.29, 0.717) is 29.5 Å². The summed E-state index contributed by atoms with van der Waals surface area (Å²) in [6.07, 6.45) is 1.79. The van der Waals surface area contributed by atoms with E-state index in [0.717, 1.165) is 22.5 Å². The third kappa shape index (κ3) is 6.22. The van der Waals surface area contributed by atoms with Gasteiger partial charge in [-0.1, -0.05) is 72.3 Å². The Bertz CT molecular complexity index is 1280. The molecule has 0 aliphatic rings. The Morgan fingerprint density at radius 3 is 1.83 bits per heavy atom. The molecule has 0 saturated heterocycles. The van der Waals surface area contributed by atoms with Crippen molar-refractivity contribution < 1.29 is 19.1 Å². The molecule has 4 rings (SSSR count). The summed E-state index contributed by atoms with van der Waals surface area (Å²) in [4.78, 5) is 23.3. The SMILES string of the molecule is CCOC(=O)c1cc(-c2ccccc2)n(C)c1.CCOC(=O)c1cc(-c2ccccc2)n(C)c1Cl. The van der Waals surface area contributed by atoms with Crippen molar-refractivity contribution in [2.24, 2.45) is 14.1 Å². The minimum Gasteiger partial charge on any atom is -0.462 e. The van der Waals surface area contributed by atoms with Crippen LogP contribution in [0.4, 0.5) is 0 Å². The van der Waals surface area contributed by atoms with Crippen LogP contribution in [-0.4, -0.2) is 34.3 Å². The zero-order valence-electron chi connectivity index (χ0n) is 20.3. The second-order valence-corrected chi connectivity index (χ2v) is 8.05. The second-order valence-electron chi connectivity index (χ2n) is 7.69. The molecule has 0 spiro atoms. The number of halogens is 1. The summed E-state index contributed by atoms with van der Waals surface area (Å²) in [5, 5.41) is 0.396. The molecule has 0 unspecified atom stereocenters. The molecule has 0 atom stereocenters. The second kappa shape index (κ2) is 12.1. The summed E-state index contributed by atoms with van der Waals surface area (Å²) in [6.45, 7) is 4.31. The Morgan fingerprint density at radius 1 is 0.771 bits per heavy atom. The Labute approximate surface area is 210 Å². The average molecular weight is 493 g/mol. The van der Waals surface area contributed by atoms with E-state index >= 15 is 0 Å². The van der Waals surface area contributed by atoms with Crippen molar-refractivity contribution >= 4 is 23.5 Å². The monoisotopic (exact) mass is 492 g/mol. The van der Waals surface area contributed by atoms with E-state index in [-0.39, 0.29) is 11.9 Å². The van der Waals surface area contributed by atoms with E-state index in [4.69, 9.17) is 21.1 Å². The molecular formula is C28H29ClN2O4. The summed E-state index contributed by atoms with van der Waals surface area (Å²) in [6, 6.07) is 23.4. The first kappa shape index (κ1) is 25.8. The molecule has 2 aromatic carbocycles. The van der Waals surface area contributed by atoms with Crippen molar-refractivity contribution in [2.45, 2.75) is 13.8 Å². The number of hydrogen-bond donors (Lipinski definition) is 0. The van der Waals surface area contributed by atoms with Crippen LogP contribution in [0.3, 0.4) is 0 Å². The van der Waals surface area contributed by atoms with Crippen molar-refractivity contribution in [3.05, 3.63) is 95.3 Å². The maximum Gasteiger partial charge on any atom is 0.341 e. The Hall–Kier alpha value is -3.77. The lowest BCUT2D eigenvalue weighted by Gasteiger charge is -2.03. The van der Waals surface area contributed by atoms with Gasteiger partial charge in [0.1, 0.15) is 5.15 Å². The highest BCUT2D eigenvalue weighted by atomic mass is 35.5. The van der Waals surface area contributed by atoms with Crippen LogP contribution < -0.4 is 0 Å². The van der Waals surface area contributed by atoms with Crippen molar-refractivity contribution in [1.82, 2.24) is 9.13 Å². The van der Waals surface area contributed by atoms with Gasteiger partial charge in [0.05, 0.1) is 24.3 Å². The zero-order valence-corrected chi connectivity index (χ0v) is 21.1. The van der Waals surface area contributed by atoms with Gasteiger partial charge in [0.15, 0.2) is 0 Å². The lowest BCUT2D eigenvalue weighted by molar-refractivity contribution is 0.0517. The highest BCUT2D eigenvalue weighted by molar-refractivity contribution is 6.33. The van der Waals surface area contributed by atoms with Gasteiger partial charge in [-0.2, -0.15) is 0 Å². The number of ether oxygens (including phenoxy) is 2. The van der Waals surface area contributed by atoms with Gasteiger partial charge < -0.3 is 18.6 Å². The van der Waals surface area contributed by atoms with Gasteiger partial charge >= 0.3 is 11.9 Å². The molecule has 2 aromatic heterocycles. The van der Waals surface area contributed by atoms with Crippen molar-refractivity contribution in [2.75, 3.05) is 13.2 Å². The molecule has 0 amide bonds. The number of aryl methyl sites for hydroxylation is 1. The topological polar surface area (TPSA) is 62.5 Å². The van der Waals surface area contributed by atoms with Crippen LogP contribution in [-0.2, 0) is 23.6 Å².